The highest BCUT2D eigenvalue weighted by Crippen LogP contribution is 2.47. The van der Waals surface area contributed by atoms with Crippen LogP contribution >= 0.6 is 11.3 Å². The molecule has 0 radical (unpaired) electrons. The van der Waals surface area contributed by atoms with Crippen LogP contribution in [0.25, 0.3) is 27.1 Å². The number of amides is 1. The third-order valence-corrected chi connectivity index (χ3v) is 9.22. The number of H-pyrrole nitrogens is 1. The summed E-state index contributed by atoms with van der Waals surface area (Å²) in [4.78, 5) is 25.3. The summed E-state index contributed by atoms with van der Waals surface area (Å²) in [5.41, 5.74) is 8.45. The number of aromatic nitrogens is 4. The van der Waals surface area contributed by atoms with Gasteiger partial charge in [0.25, 0.3) is 0 Å². The Hall–Kier alpha value is -2.75. The molecule has 4 aromatic rings. The highest BCUT2D eigenvalue weighted by atomic mass is 32.1. The van der Waals surface area contributed by atoms with Crippen molar-refractivity contribution in [2.24, 2.45) is 0 Å². The number of carbonyl (C=O) groups is 1. The number of hydrogen-bond donors (Lipinski definition) is 2. The van der Waals surface area contributed by atoms with Gasteiger partial charge in [-0.25, -0.2) is 9.50 Å². The van der Waals surface area contributed by atoms with Crippen molar-refractivity contribution in [2.45, 2.75) is 65.6 Å². The summed E-state index contributed by atoms with van der Waals surface area (Å²) in [5.74, 6) is 1.79. The Labute approximate surface area is 215 Å². The van der Waals surface area contributed by atoms with Gasteiger partial charge in [0, 0.05) is 34.6 Å². The topological polar surface area (TPSA) is 87.6 Å². The molecule has 0 spiro atoms. The Morgan fingerprint density at radius 1 is 1.25 bits per heavy atom. The number of piperidine rings is 1. The molecule has 6 rings (SSSR count). The number of fused-ring (bicyclic) bond motifs is 4. The number of likely N-dealkylation sites (N-methyl/N-ethyl adjacent to an activating group) is 1. The lowest BCUT2D eigenvalue weighted by atomic mass is 9.90. The number of carbonyl (C=O) groups excluding carboxylic acids is 1. The summed E-state index contributed by atoms with van der Waals surface area (Å²) in [6, 6.07) is 0. The van der Waals surface area contributed by atoms with Crippen molar-refractivity contribution >= 4 is 33.1 Å². The van der Waals surface area contributed by atoms with Gasteiger partial charge in [0.2, 0.25) is 5.91 Å². The van der Waals surface area contributed by atoms with Gasteiger partial charge in [-0.05, 0) is 68.3 Å². The summed E-state index contributed by atoms with van der Waals surface area (Å²) in [6.07, 6.45) is 4.32. The zero-order chi connectivity index (χ0) is 25.1. The van der Waals surface area contributed by atoms with E-state index < -0.39 is 0 Å². The maximum Gasteiger partial charge on any atom is 0.233 e. The lowest BCUT2D eigenvalue weighted by molar-refractivity contribution is -0.122. The monoisotopic (exact) mass is 506 g/mol. The second-order valence-corrected chi connectivity index (χ2v) is 11.6. The molecule has 0 saturated carbocycles. The van der Waals surface area contributed by atoms with Crippen LogP contribution in [-0.2, 0) is 22.7 Å². The SMILES string of the molecule is CNC(=O)CN1CCC(c2sc3[nH]c(-c4cn5nc(C)nc5c5c4COC5)c(C(C)C)c3c2C)CC1. The average Bonchev–Trinajstić information content (AvgIpc) is 3.62. The minimum absolute atomic E-state index is 0.0966. The Bertz CT molecular complexity index is 1470. The van der Waals surface area contributed by atoms with Crippen molar-refractivity contribution < 1.29 is 9.53 Å². The summed E-state index contributed by atoms with van der Waals surface area (Å²) < 4.78 is 7.81. The van der Waals surface area contributed by atoms with Crippen molar-refractivity contribution in [1.29, 1.82) is 0 Å². The molecular weight excluding hydrogens is 472 g/mol. The van der Waals surface area contributed by atoms with Crippen molar-refractivity contribution in [2.75, 3.05) is 26.7 Å². The van der Waals surface area contributed by atoms with E-state index in [1.807, 2.05) is 22.8 Å². The Balaban J connectivity index is 1.40. The standard InChI is InChI=1S/C27H34N6O2S/c1-14(2)22-23-15(3)25(17-6-8-32(9-7-17)11-21(34)28-5)36-27(23)30-24(22)18-10-33-26(29-16(4)31-33)20-13-35-12-19(18)20/h10,14,17,30H,6-9,11-13H2,1-5H3,(H,28,34). The van der Waals surface area contributed by atoms with Gasteiger partial charge in [-0.15, -0.1) is 11.3 Å². The number of aromatic amines is 1. The fourth-order valence-electron chi connectivity index (χ4n) is 6.07. The molecule has 8 nitrogen and oxygen atoms in total. The van der Waals surface area contributed by atoms with Crippen LogP contribution in [0.5, 0.6) is 0 Å². The van der Waals surface area contributed by atoms with Gasteiger partial charge >= 0.3 is 0 Å². The van der Waals surface area contributed by atoms with Gasteiger partial charge in [-0.3, -0.25) is 9.69 Å². The number of ether oxygens (including phenoxy) is 1. The quantitative estimate of drug-likeness (QED) is 0.412. The van der Waals surface area contributed by atoms with E-state index in [0.717, 1.165) is 43.0 Å². The molecule has 36 heavy (non-hydrogen) atoms. The number of aryl methyl sites for hydroxylation is 2. The number of nitrogens with one attached hydrogen (secondary N) is 2. The second-order valence-electron chi connectivity index (χ2n) is 10.5. The van der Waals surface area contributed by atoms with E-state index in [2.05, 4.69) is 52.3 Å². The highest BCUT2D eigenvalue weighted by Gasteiger charge is 2.30. The smallest absolute Gasteiger partial charge is 0.233 e. The van der Waals surface area contributed by atoms with E-state index in [9.17, 15) is 4.79 Å². The lowest BCUT2D eigenvalue weighted by Gasteiger charge is -2.31. The van der Waals surface area contributed by atoms with Gasteiger partial charge in [-0.1, -0.05) is 13.8 Å². The van der Waals surface area contributed by atoms with Crippen molar-refractivity contribution in [3.05, 3.63) is 39.2 Å². The van der Waals surface area contributed by atoms with E-state index in [1.54, 1.807) is 7.05 Å². The molecule has 2 aliphatic heterocycles. The van der Waals surface area contributed by atoms with Crippen LogP contribution < -0.4 is 5.32 Å². The van der Waals surface area contributed by atoms with Gasteiger partial charge in [-0.2, -0.15) is 5.10 Å². The zero-order valence-corrected chi connectivity index (χ0v) is 22.5. The number of likely N-dealkylation sites (tertiary alicyclic amines) is 1. The summed E-state index contributed by atoms with van der Waals surface area (Å²) in [6.45, 7) is 12.4. The fourth-order valence-corrected chi connectivity index (χ4v) is 7.47. The molecule has 4 aromatic heterocycles. The van der Waals surface area contributed by atoms with E-state index in [4.69, 9.17) is 4.74 Å². The highest BCUT2D eigenvalue weighted by molar-refractivity contribution is 7.19. The summed E-state index contributed by atoms with van der Waals surface area (Å²) in [7, 11) is 1.71. The van der Waals surface area contributed by atoms with Crippen LogP contribution in [0.1, 0.15) is 71.5 Å². The maximum atomic E-state index is 11.8. The van der Waals surface area contributed by atoms with Crippen molar-refractivity contribution in [1.82, 2.24) is 29.8 Å². The van der Waals surface area contributed by atoms with Gasteiger partial charge in [0.05, 0.1) is 25.5 Å². The average molecular weight is 507 g/mol. The molecule has 1 saturated heterocycles. The van der Waals surface area contributed by atoms with E-state index in [1.165, 1.54) is 43.0 Å². The molecule has 0 atom stereocenters. The predicted octanol–water partition coefficient (Wildman–Crippen LogP) is 4.63. The van der Waals surface area contributed by atoms with Crippen LogP contribution in [0.15, 0.2) is 6.20 Å². The zero-order valence-electron chi connectivity index (χ0n) is 21.7. The second kappa shape index (κ2) is 8.97. The predicted molar refractivity (Wildman–Crippen MR) is 143 cm³/mol. The molecule has 0 unspecified atom stereocenters. The van der Waals surface area contributed by atoms with Crippen molar-refractivity contribution in [3.63, 3.8) is 0 Å². The van der Waals surface area contributed by atoms with Crippen LogP contribution in [0.2, 0.25) is 0 Å². The first-order valence-electron chi connectivity index (χ1n) is 12.9. The van der Waals surface area contributed by atoms with Crippen LogP contribution in [0, 0.1) is 13.8 Å². The Morgan fingerprint density at radius 3 is 2.72 bits per heavy atom. The first kappa shape index (κ1) is 23.6. The third kappa shape index (κ3) is 3.76. The van der Waals surface area contributed by atoms with E-state index in [0.29, 0.717) is 31.6 Å². The van der Waals surface area contributed by atoms with Crippen LogP contribution in [0.4, 0.5) is 0 Å². The number of nitrogens with zero attached hydrogens (tertiary/aromatic N) is 4. The molecule has 0 bridgehead atoms. The molecule has 0 aliphatic carbocycles. The number of hydrogen-bond acceptors (Lipinski definition) is 6. The van der Waals surface area contributed by atoms with Crippen LogP contribution in [-0.4, -0.2) is 57.1 Å². The molecule has 9 heteroatoms. The van der Waals surface area contributed by atoms with Gasteiger partial charge in [0.1, 0.15) is 10.7 Å². The third-order valence-electron chi connectivity index (χ3n) is 7.85. The largest absolute Gasteiger partial charge is 0.372 e. The molecule has 1 amide bonds. The minimum Gasteiger partial charge on any atom is -0.372 e. The lowest BCUT2D eigenvalue weighted by Crippen LogP contribution is -2.40. The normalized spacial score (nSPS) is 17.1. The summed E-state index contributed by atoms with van der Waals surface area (Å²) >= 11 is 1.92. The van der Waals surface area contributed by atoms with Gasteiger partial charge < -0.3 is 15.0 Å². The Morgan fingerprint density at radius 2 is 2.00 bits per heavy atom. The molecule has 0 aromatic carbocycles. The molecule has 2 N–H and O–H groups in total. The minimum atomic E-state index is 0.0966. The number of rotatable bonds is 5. The number of pyridine rings is 1. The Kier molecular flexibility index (Phi) is 5.89. The maximum absolute atomic E-state index is 11.8. The fraction of sp³-hybridized carbons (Fsp3) is 0.519. The first-order chi connectivity index (χ1) is 17.4. The van der Waals surface area contributed by atoms with Crippen molar-refractivity contribution in [3.8, 4) is 11.3 Å². The van der Waals surface area contributed by atoms with E-state index >= 15 is 0 Å². The van der Waals surface area contributed by atoms with Gasteiger partial charge in [0.15, 0.2) is 5.65 Å². The molecule has 1 fully saturated rings. The van der Waals surface area contributed by atoms with Crippen LogP contribution in [0.3, 0.4) is 0 Å². The molecule has 6 heterocycles. The summed E-state index contributed by atoms with van der Waals surface area (Å²) in [5, 5.41) is 8.75. The molecule has 2 aliphatic rings. The number of thiophene rings is 1. The first-order valence-corrected chi connectivity index (χ1v) is 13.7. The molecule has 190 valence electrons. The molecular formula is C27H34N6O2S. The van der Waals surface area contributed by atoms with E-state index in [-0.39, 0.29) is 5.91 Å².